The van der Waals surface area contributed by atoms with Gasteiger partial charge < -0.3 is 21.7 Å². The van der Waals surface area contributed by atoms with Crippen LogP contribution in [0.4, 0.5) is 9.59 Å². The van der Waals surface area contributed by atoms with Gasteiger partial charge in [-0.15, -0.1) is 0 Å². The van der Waals surface area contributed by atoms with Crippen molar-refractivity contribution in [1.29, 1.82) is 0 Å². The minimum atomic E-state index is -1.33. The predicted molar refractivity (Wildman–Crippen MR) is 24.4 cm³/mol. The van der Waals surface area contributed by atoms with Gasteiger partial charge >= 0.3 is 12.2 Å². The molecule has 0 aromatic carbocycles. The molecule has 9 heavy (non-hydrogen) atoms. The number of nitrogens with two attached hydrogens (primary N) is 2. The van der Waals surface area contributed by atoms with Gasteiger partial charge in [0.1, 0.15) is 0 Å². The fourth-order valence-electron chi connectivity index (χ4n) is 0. The number of primary amides is 2. The molecule has 0 unspecified atom stereocenters. The average molecular weight is 234 g/mol. The number of carbonyl (C=O) groups is 2. The third-order valence-corrected chi connectivity index (χ3v) is 0. The molecule has 0 aliphatic heterocycles. The summed E-state index contributed by atoms with van der Waals surface area (Å²) < 4.78 is 0. The third-order valence-electron chi connectivity index (χ3n) is 0. The van der Waals surface area contributed by atoms with Crippen LogP contribution in [0.15, 0.2) is 0 Å². The molecule has 0 bridgehead atoms. The summed E-state index contributed by atoms with van der Waals surface area (Å²) in [5.41, 5.74) is 8.06. The van der Waals surface area contributed by atoms with Gasteiger partial charge in [0.05, 0.1) is 0 Å². The molecule has 0 aromatic heterocycles. The Morgan fingerprint density at radius 2 is 1.00 bits per heavy atom. The second kappa shape index (κ2) is 10.4. The quantitative estimate of drug-likeness (QED) is 0.411. The first-order valence-corrected chi connectivity index (χ1v) is 1.43. The molecular weight excluding hydrogens is 228 g/mol. The van der Waals surface area contributed by atoms with Gasteiger partial charge in [-0.05, 0) is 0 Å². The van der Waals surface area contributed by atoms with E-state index in [1.165, 1.54) is 0 Å². The molecule has 0 saturated carbocycles. The van der Waals surface area contributed by atoms with Crippen molar-refractivity contribution in [1.82, 2.24) is 0 Å². The molecule has 0 saturated heterocycles. The third kappa shape index (κ3) is 769. The second-order valence-electron chi connectivity index (χ2n) is 0.676. The van der Waals surface area contributed by atoms with Crippen molar-refractivity contribution in [2.75, 3.05) is 0 Å². The van der Waals surface area contributed by atoms with Crippen LogP contribution in [-0.2, 0) is 27.3 Å². The van der Waals surface area contributed by atoms with E-state index >= 15 is 0 Å². The Morgan fingerprint density at radius 3 is 1.00 bits per heavy atom. The van der Waals surface area contributed by atoms with Crippen LogP contribution in [0.25, 0.3) is 0 Å². The zero-order chi connectivity index (χ0) is 7.15. The number of carboxylic acid groups (broad SMARTS) is 2. The molecule has 2 amide bonds. The van der Waals surface area contributed by atoms with Crippen LogP contribution in [-0.4, -0.2) is 22.4 Å². The molecule has 0 aliphatic carbocycles. The zero-order valence-electron chi connectivity index (χ0n) is 4.57. The maximum absolute atomic E-state index is 8.78. The first-order chi connectivity index (χ1) is 3.46. The minimum Gasteiger partial charge on any atom is -0.465 e. The van der Waals surface area contributed by atoms with Crippen LogP contribution in [0.3, 0.4) is 0 Å². The Hall–Kier alpha value is -0.538. The van der Waals surface area contributed by atoms with Crippen molar-refractivity contribution in [3.8, 4) is 0 Å². The summed E-state index contributed by atoms with van der Waals surface area (Å²) in [7, 11) is 0. The van der Waals surface area contributed by atoms with Gasteiger partial charge in [0.15, 0.2) is 0 Å². The van der Waals surface area contributed by atoms with Crippen molar-refractivity contribution in [3.05, 3.63) is 0 Å². The Bertz CT molecular complexity index is 74.6. The van der Waals surface area contributed by atoms with Crippen molar-refractivity contribution in [2.24, 2.45) is 11.5 Å². The number of amides is 2. The van der Waals surface area contributed by atoms with Crippen LogP contribution < -0.4 is 11.5 Å². The van der Waals surface area contributed by atoms with Crippen molar-refractivity contribution >= 4 is 12.2 Å². The van der Waals surface area contributed by atoms with Gasteiger partial charge in [-0.2, -0.15) is 0 Å². The molecule has 6 nitrogen and oxygen atoms in total. The Balaban J connectivity index is -0.0000000720. The van der Waals surface area contributed by atoms with Gasteiger partial charge in [0.2, 0.25) is 0 Å². The predicted octanol–water partition coefficient (Wildman–Crippen LogP) is -0.756. The monoisotopic (exact) mass is 236 g/mol. The van der Waals surface area contributed by atoms with Crippen LogP contribution in [0, 0.1) is 0 Å². The molecular formula is C2H6CdN2O4. The molecule has 0 atom stereocenters. The second-order valence-corrected chi connectivity index (χ2v) is 0.676. The van der Waals surface area contributed by atoms with Crippen molar-refractivity contribution in [2.45, 2.75) is 0 Å². The van der Waals surface area contributed by atoms with Gasteiger partial charge in [0, 0.05) is 27.3 Å². The zero-order valence-corrected chi connectivity index (χ0v) is 8.61. The molecule has 0 aliphatic rings. The Kier molecular flexibility index (Phi) is 18.3. The van der Waals surface area contributed by atoms with E-state index in [2.05, 4.69) is 11.5 Å². The van der Waals surface area contributed by atoms with Crippen molar-refractivity contribution < 1.29 is 47.1 Å². The summed E-state index contributed by atoms with van der Waals surface area (Å²) >= 11 is 0. The molecule has 0 aromatic rings. The summed E-state index contributed by atoms with van der Waals surface area (Å²) in [6.07, 6.45) is -2.67. The number of hydrogen-bond acceptors (Lipinski definition) is 2. The summed E-state index contributed by atoms with van der Waals surface area (Å²) in [4.78, 5) is 17.6. The first-order valence-electron chi connectivity index (χ1n) is 1.43. The fourth-order valence-corrected chi connectivity index (χ4v) is 0. The topological polar surface area (TPSA) is 127 Å². The molecule has 6 N–H and O–H groups in total. The van der Waals surface area contributed by atoms with Crippen LogP contribution in [0.2, 0.25) is 0 Å². The molecule has 0 radical (unpaired) electrons. The van der Waals surface area contributed by atoms with Gasteiger partial charge in [-0.1, -0.05) is 0 Å². The fraction of sp³-hybridized carbons (Fsp3) is 0. The largest absolute Gasteiger partial charge is 0.465 e. The standard InChI is InChI=1S/2CH3NO2.Cd/c2*2-1(3)4;/h2*2H2,(H,3,4);. The van der Waals surface area contributed by atoms with E-state index in [-0.39, 0.29) is 27.3 Å². The first kappa shape index (κ1) is 15.8. The van der Waals surface area contributed by atoms with E-state index in [1.54, 1.807) is 0 Å². The van der Waals surface area contributed by atoms with Gasteiger partial charge in [0.25, 0.3) is 0 Å². The van der Waals surface area contributed by atoms with E-state index in [0.29, 0.717) is 0 Å². The minimum absolute atomic E-state index is 0. The van der Waals surface area contributed by atoms with E-state index in [1.807, 2.05) is 0 Å². The maximum atomic E-state index is 8.78. The van der Waals surface area contributed by atoms with Crippen molar-refractivity contribution in [3.63, 3.8) is 0 Å². The van der Waals surface area contributed by atoms with Crippen LogP contribution in [0.5, 0.6) is 0 Å². The van der Waals surface area contributed by atoms with E-state index in [9.17, 15) is 0 Å². The summed E-state index contributed by atoms with van der Waals surface area (Å²) in [6.45, 7) is 0. The Morgan fingerprint density at radius 1 is 1.00 bits per heavy atom. The van der Waals surface area contributed by atoms with E-state index in [0.717, 1.165) is 0 Å². The van der Waals surface area contributed by atoms with Crippen LogP contribution in [0.1, 0.15) is 0 Å². The summed E-state index contributed by atoms with van der Waals surface area (Å²) in [5, 5.41) is 14.4. The maximum Gasteiger partial charge on any atom is 0.402 e. The van der Waals surface area contributed by atoms with Gasteiger partial charge in [-0.25, -0.2) is 9.59 Å². The van der Waals surface area contributed by atoms with E-state index in [4.69, 9.17) is 19.8 Å². The number of rotatable bonds is 0. The molecule has 50 valence electrons. The van der Waals surface area contributed by atoms with Crippen LogP contribution >= 0.6 is 0 Å². The number of hydrogen-bond donors (Lipinski definition) is 4. The SMILES string of the molecule is NC(=O)O.NC(=O)O.[Cd]. The Labute approximate surface area is 71.0 Å². The molecule has 0 spiro atoms. The van der Waals surface area contributed by atoms with Gasteiger partial charge in [-0.3, -0.25) is 0 Å². The molecule has 7 heteroatoms. The summed E-state index contributed by atoms with van der Waals surface area (Å²) in [5.74, 6) is 0. The summed E-state index contributed by atoms with van der Waals surface area (Å²) in [6, 6.07) is 0. The molecule has 0 fully saturated rings. The normalized spacial score (nSPS) is 5.33. The average Bonchev–Trinajstić information content (AvgIpc) is 1.25. The smallest absolute Gasteiger partial charge is 0.402 e. The van der Waals surface area contributed by atoms with E-state index < -0.39 is 12.2 Å². The molecule has 0 heterocycles. The molecule has 0 rings (SSSR count).